The lowest BCUT2D eigenvalue weighted by Gasteiger charge is -2.30. The first-order valence-electron chi connectivity index (χ1n) is 10.9. The van der Waals surface area contributed by atoms with Crippen LogP contribution < -0.4 is 5.32 Å². The van der Waals surface area contributed by atoms with Gasteiger partial charge in [-0.05, 0) is 56.5 Å². The summed E-state index contributed by atoms with van der Waals surface area (Å²) in [6, 6.07) is 9.74. The van der Waals surface area contributed by atoms with Gasteiger partial charge in [0.05, 0.1) is 0 Å². The third-order valence-electron chi connectivity index (χ3n) is 5.74. The minimum absolute atomic E-state index is 0.0334. The van der Waals surface area contributed by atoms with Gasteiger partial charge < -0.3 is 9.84 Å². The van der Waals surface area contributed by atoms with Crippen LogP contribution in [0, 0.1) is 25.6 Å². The fourth-order valence-electron chi connectivity index (χ4n) is 3.83. The molecule has 3 aromatic rings. The summed E-state index contributed by atoms with van der Waals surface area (Å²) in [5.41, 5.74) is 1.51. The number of rotatable bonds is 6. The lowest BCUT2D eigenvalue weighted by atomic mass is 9.97. The number of benzene rings is 1. The zero-order chi connectivity index (χ0) is 24.3. The van der Waals surface area contributed by atoms with E-state index in [2.05, 4.69) is 15.5 Å². The Labute approximate surface area is 197 Å². The number of hydrogen-bond acceptors (Lipinski definition) is 6. The monoisotopic (exact) mass is 484 g/mol. The minimum Gasteiger partial charge on any atom is -0.355 e. The molecule has 0 spiro atoms. The zero-order valence-electron chi connectivity index (χ0n) is 18.9. The van der Waals surface area contributed by atoms with Gasteiger partial charge in [0.1, 0.15) is 17.3 Å². The second kappa shape index (κ2) is 9.86. The highest BCUT2D eigenvalue weighted by Gasteiger charge is 2.36. The highest BCUT2D eigenvalue weighted by atomic mass is 32.2. The average Bonchev–Trinajstić information content (AvgIpc) is 3.21. The second-order valence-corrected chi connectivity index (χ2v) is 10.1. The molecule has 1 amide bonds. The molecule has 8 nitrogen and oxygen atoms in total. The average molecular weight is 485 g/mol. The minimum atomic E-state index is -3.92. The smallest absolute Gasteiger partial charge is 0.248 e. The van der Waals surface area contributed by atoms with Crippen LogP contribution in [-0.2, 0) is 14.8 Å². The van der Waals surface area contributed by atoms with Crippen LogP contribution in [0.15, 0.2) is 52.0 Å². The van der Waals surface area contributed by atoms with Crippen molar-refractivity contribution < 1.29 is 22.1 Å². The molecular formula is C24H25FN4O4S. The van der Waals surface area contributed by atoms with Gasteiger partial charge in [-0.15, -0.1) is 0 Å². The van der Waals surface area contributed by atoms with Crippen molar-refractivity contribution in [2.75, 3.05) is 18.4 Å². The van der Waals surface area contributed by atoms with Crippen LogP contribution in [0.3, 0.4) is 0 Å². The van der Waals surface area contributed by atoms with E-state index >= 15 is 0 Å². The van der Waals surface area contributed by atoms with Crippen molar-refractivity contribution in [1.82, 2.24) is 14.4 Å². The molecule has 34 heavy (non-hydrogen) atoms. The summed E-state index contributed by atoms with van der Waals surface area (Å²) < 4.78 is 47.2. The van der Waals surface area contributed by atoms with Gasteiger partial charge in [-0.25, -0.2) is 17.8 Å². The Hall–Kier alpha value is -3.37. The first kappa shape index (κ1) is 23.8. The Morgan fingerprint density at radius 1 is 1.15 bits per heavy atom. The normalized spacial score (nSPS) is 15.6. The molecule has 1 aliphatic heterocycles. The number of aromatic nitrogens is 2. The molecule has 0 atom stereocenters. The lowest BCUT2D eigenvalue weighted by molar-refractivity contribution is -0.120. The van der Waals surface area contributed by atoms with E-state index in [9.17, 15) is 17.6 Å². The number of halogens is 1. The number of anilines is 1. The Balaban J connectivity index is 1.45. The van der Waals surface area contributed by atoms with Crippen molar-refractivity contribution in [3.8, 4) is 0 Å². The van der Waals surface area contributed by atoms with E-state index < -0.39 is 15.8 Å². The van der Waals surface area contributed by atoms with Crippen molar-refractivity contribution in [3.63, 3.8) is 0 Å². The molecule has 1 aliphatic rings. The van der Waals surface area contributed by atoms with Crippen LogP contribution >= 0.6 is 0 Å². The molecule has 3 heterocycles. The summed E-state index contributed by atoms with van der Waals surface area (Å²) in [6.45, 7) is 3.82. The topological polar surface area (TPSA) is 105 Å². The van der Waals surface area contributed by atoms with E-state index in [0.717, 1.165) is 5.56 Å². The Morgan fingerprint density at radius 3 is 2.56 bits per heavy atom. The van der Waals surface area contributed by atoms with Gasteiger partial charge in [0.15, 0.2) is 10.7 Å². The Bertz CT molecular complexity index is 1310. The number of amides is 1. The number of hydrogen-bond donors (Lipinski definition) is 1. The fourth-order valence-corrected chi connectivity index (χ4v) is 5.55. The Morgan fingerprint density at radius 2 is 1.88 bits per heavy atom. The molecule has 0 saturated carbocycles. The molecular weight excluding hydrogens is 459 g/mol. The maximum atomic E-state index is 13.9. The molecule has 2 aromatic heterocycles. The standard InChI is InChI=1S/C24H25FN4O4S/c1-16-7-10-22(26-15-16)27-24(30)19-11-13-29(14-12-19)34(31,32)23-17(2)28-33-21(23)9-8-18-5-3-4-6-20(18)25/h3-10,15,19H,11-14H2,1-2H3,(H,26,27,30). The van der Waals surface area contributed by atoms with E-state index in [1.807, 2.05) is 13.0 Å². The van der Waals surface area contributed by atoms with Crippen molar-refractivity contribution >= 4 is 33.9 Å². The summed E-state index contributed by atoms with van der Waals surface area (Å²) in [7, 11) is -3.92. The van der Waals surface area contributed by atoms with Gasteiger partial charge >= 0.3 is 0 Å². The molecule has 1 N–H and O–H groups in total. The van der Waals surface area contributed by atoms with Crippen molar-refractivity contribution in [3.05, 3.63) is 71.0 Å². The van der Waals surface area contributed by atoms with Crippen molar-refractivity contribution in [2.45, 2.75) is 31.6 Å². The van der Waals surface area contributed by atoms with Gasteiger partial charge in [0, 0.05) is 30.8 Å². The number of carbonyl (C=O) groups excluding carboxylic acids is 1. The molecule has 1 fully saturated rings. The largest absolute Gasteiger partial charge is 0.355 e. The summed E-state index contributed by atoms with van der Waals surface area (Å²) in [4.78, 5) is 16.7. The number of piperidine rings is 1. The predicted octanol–water partition coefficient (Wildman–Crippen LogP) is 4.04. The van der Waals surface area contributed by atoms with Crippen molar-refractivity contribution in [1.29, 1.82) is 0 Å². The third kappa shape index (κ3) is 5.07. The van der Waals surface area contributed by atoms with E-state index in [4.69, 9.17) is 4.52 Å². The maximum absolute atomic E-state index is 13.9. The first-order valence-corrected chi connectivity index (χ1v) is 12.3. The summed E-state index contributed by atoms with van der Waals surface area (Å²) in [5.74, 6) is -0.426. The number of nitrogens with one attached hydrogen (secondary N) is 1. The number of pyridine rings is 1. The van der Waals surface area contributed by atoms with Crippen LogP contribution in [0.4, 0.5) is 10.2 Å². The highest BCUT2D eigenvalue weighted by molar-refractivity contribution is 7.89. The van der Waals surface area contributed by atoms with E-state index in [1.165, 1.54) is 22.5 Å². The number of aryl methyl sites for hydroxylation is 2. The summed E-state index contributed by atoms with van der Waals surface area (Å²) >= 11 is 0. The summed E-state index contributed by atoms with van der Waals surface area (Å²) in [6.07, 6.45) is 5.28. The second-order valence-electron chi connectivity index (χ2n) is 8.20. The van der Waals surface area contributed by atoms with Gasteiger partial charge in [0.2, 0.25) is 15.9 Å². The van der Waals surface area contributed by atoms with Gasteiger partial charge in [0.25, 0.3) is 0 Å². The maximum Gasteiger partial charge on any atom is 0.248 e. The summed E-state index contributed by atoms with van der Waals surface area (Å²) in [5, 5.41) is 6.60. The number of sulfonamides is 1. The van der Waals surface area contributed by atoms with Crippen LogP contribution in [0.1, 0.15) is 35.4 Å². The van der Waals surface area contributed by atoms with Gasteiger partial charge in [-0.2, -0.15) is 4.31 Å². The van der Waals surface area contributed by atoms with Crippen LogP contribution in [-0.4, -0.2) is 41.9 Å². The number of carbonyl (C=O) groups is 1. The van der Waals surface area contributed by atoms with Crippen LogP contribution in [0.25, 0.3) is 12.2 Å². The first-order chi connectivity index (χ1) is 16.3. The van der Waals surface area contributed by atoms with Gasteiger partial charge in [-0.1, -0.05) is 29.4 Å². The molecule has 4 rings (SSSR count). The van der Waals surface area contributed by atoms with E-state index in [-0.39, 0.29) is 41.3 Å². The molecule has 1 aromatic carbocycles. The molecule has 178 valence electrons. The Kier molecular flexibility index (Phi) is 6.90. The third-order valence-corrected chi connectivity index (χ3v) is 7.80. The van der Waals surface area contributed by atoms with Gasteiger partial charge in [-0.3, -0.25) is 4.79 Å². The predicted molar refractivity (Wildman–Crippen MR) is 126 cm³/mol. The molecule has 0 radical (unpaired) electrons. The van der Waals surface area contributed by atoms with Crippen molar-refractivity contribution in [2.24, 2.45) is 5.92 Å². The molecule has 0 bridgehead atoms. The van der Waals surface area contributed by atoms with Crippen LogP contribution in [0.5, 0.6) is 0 Å². The molecule has 0 unspecified atom stereocenters. The quantitative estimate of drug-likeness (QED) is 0.566. The molecule has 10 heteroatoms. The lowest BCUT2D eigenvalue weighted by Crippen LogP contribution is -2.41. The fraction of sp³-hybridized carbons (Fsp3) is 0.292. The van der Waals surface area contributed by atoms with Crippen LogP contribution in [0.2, 0.25) is 0 Å². The number of nitrogens with zero attached hydrogens (tertiary/aromatic N) is 3. The van der Waals surface area contributed by atoms with E-state index in [0.29, 0.717) is 24.2 Å². The SMILES string of the molecule is Cc1ccc(NC(=O)C2CCN(S(=O)(=O)c3c(C)noc3C=Cc3ccccc3F)CC2)nc1. The molecule has 1 saturated heterocycles. The highest BCUT2D eigenvalue weighted by Crippen LogP contribution is 2.29. The molecule has 0 aliphatic carbocycles. The zero-order valence-corrected chi connectivity index (χ0v) is 19.7. The van der Waals surface area contributed by atoms with E-state index in [1.54, 1.807) is 37.4 Å².